The first kappa shape index (κ1) is 21.3. The maximum absolute atomic E-state index is 12.1. The zero-order valence-electron chi connectivity index (χ0n) is 16.8. The lowest BCUT2D eigenvalue weighted by Gasteiger charge is -2.08. The van der Waals surface area contributed by atoms with E-state index in [2.05, 4.69) is 22.9 Å². The van der Waals surface area contributed by atoms with Crippen molar-refractivity contribution in [2.75, 3.05) is 5.32 Å². The molecule has 0 spiro atoms. The fourth-order valence-electron chi connectivity index (χ4n) is 3.01. The molecule has 0 unspecified atom stereocenters. The summed E-state index contributed by atoms with van der Waals surface area (Å²) in [4.78, 5) is 29.5. The monoisotopic (exact) mass is 402 g/mol. The maximum Gasteiger partial charge on any atom is 0.274 e. The number of nitrogens with one attached hydrogen (secondary N) is 2. The van der Waals surface area contributed by atoms with Gasteiger partial charge < -0.3 is 5.32 Å². The number of amides is 2. The van der Waals surface area contributed by atoms with Crippen LogP contribution in [-0.2, 0) is 22.7 Å². The van der Waals surface area contributed by atoms with Crippen molar-refractivity contribution in [3.8, 4) is 0 Å². The van der Waals surface area contributed by atoms with E-state index in [1.165, 1.54) is 5.56 Å². The van der Waals surface area contributed by atoms with Gasteiger partial charge in [0.25, 0.3) is 5.91 Å². The Morgan fingerprint density at radius 1 is 0.733 bits per heavy atom. The van der Waals surface area contributed by atoms with Crippen LogP contribution in [0.5, 0.6) is 0 Å². The van der Waals surface area contributed by atoms with Crippen LogP contribution in [0.25, 0.3) is 0 Å². The van der Waals surface area contributed by atoms with Crippen molar-refractivity contribution in [3.05, 3.63) is 102 Å². The Morgan fingerprint density at radius 2 is 1.37 bits per heavy atom. The molecule has 0 atom stereocenters. The van der Waals surface area contributed by atoms with E-state index in [1.807, 2.05) is 48.5 Å². The quantitative estimate of drug-likeness (QED) is 0.374. The highest BCUT2D eigenvalue weighted by atomic mass is 16.6. The van der Waals surface area contributed by atoms with Gasteiger partial charge in [-0.15, -0.1) is 0 Å². The first-order chi connectivity index (χ1) is 14.7. The minimum Gasteiger partial charge on any atom is -0.326 e. The topological polar surface area (TPSA) is 67.4 Å². The van der Waals surface area contributed by atoms with E-state index < -0.39 is 0 Å². The van der Waals surface area contributed by atoms with Gasteiger partial charge in [-0.2, -0.15) is 0 Å². The van der Waals surface area contributed by atoms with Crippen LogP contribution in [0.2, 0.25) is 0 Å². The van der Waals surface area contributed by atoms with Crippen LogP contribution in [0.4, 0.5) is 5.69 Å². The molecule has 0 aliphatic carbocycles. The third-order valence-corrected chi connectivity index (χ3v) is 4.64. The van der Waals surface area contributed by atoms with Gasteiger partial charge in [0.05, 0.1) is 6.61 Å². The second kappa shape index (κ2) is 11.5. The van der Waals surface area contributed by atoms with Gasteiger partial charge in [0.1, 0.15) is 0 Å². The average Bonchev–Trinajstić information content (AvgIpc) is 2.78. The summed E-state index contributed by atoms with van der Waals surface area (Å²) < 4.78 is 0. The lowest BCUT2D eigenvalue weighted by Crippen LogP contribution is -2.23. The molecule has 2 amide bonds. The summed E-state index contributed by atoms with van der Waals surface area (Å²) >= 11 is 0. The van der Waals surface area contributed by atoms with Gasteiger partial charge in [-0.25, -0.2) is 5.48 Å². The molecule has 5 heteroatoms. The minimum absolute atomic E-state index is 0.0218. The fraction of sp³-hybridized carbons (Fsp3) is 0.200. The zero-order chi connectivity index (χ0) is 21.0. The summed E-state index contributed by atoms with van der Waals surface area (Å²) in [5, 5.41) is 2.87. The minimum atomic E-state index is -0.329. The van der Waals surface area contributed by atoms with Crippen LogP contribution >= 0.6 is 0 Å². The molecule has 0 fully saturated rings. The molecule has 0 bridgehead atoms. The van der Waals surface area contributed by atoms with Crippen molar-refractivity contribution < 1.29 is 14.4 Å². The van der Waals surface area contributed by atoms with E-state index in [0.29, 0.717) is 24.3 Å². The molecule has 2 N–H and O–H groups in total. The van der Waals surface area contributed by atoms with Crippen LogP contribution in [0.3, 0.4) is 0 Å². The molecule has 0 aliphatic rings. The highest BCUT2D eigenvalue weighted by molar-refractivity contribution is 5.95. The predicted octanol–water partition coefficient (Wildman–Crippen LogP) is 4.90. The van der Waals surface area contributed by atoms with E-state index in [0.717, 1.165) is 24.8 Å². The average molecular weight is 402 g/mol. The zero-order valence-corrected chi connectivity index (χ0v) is 16.8. The van der Waals surface area contributed by atoms with Crippen LogP contribution in [0, 0.1) is 0 Å². The Kier molecular flexibility index (Phi) is 8.18. The number of rotatable bonds is 10. The van der Waals surface area contributed by atoms with E-state index >= 15 is 0 Å². The summed E-state index contributed by atoms with van der Waals surface area (Å²) in [6.45, 7) is 0.297. The molecule has 0 saturated heterocycles. The standard InChI is InChI=1S/C25H26N2O3/c28-24(14-8-7-11-20-9-3-1-4-10-20)26-23-17-15-22(16-18-23)25(29)27-30-19-21-12-5-2-6-13-21/h1-6,9-10,12-13,15-18H,7-8,11,14,19H2,(H,26,28)(H,27,29). The first-order valence-electron chi connectivity index (χ1n) is 10.1. The fourth-order valence-corrected chi connectivity index (χ4v) is 3.01. The SMILES string of the molecule is O=C(CCCCc1ccccc1)Nc1ccc(C(=O)NOCc2ccccc2)cc1. The van der Waals surface area contributed by atoms with Crippen LogP contribution < -0.4 is 10.8 Å². The number of benzene rings is 3. The highest BCUT2D eigenvalue weighted by Gasteiger charge is 2.07. The molecule has 0 aromatic heterocycles. The first-order valence-corrected chi connectivity index (χ1v) is 10.1. The Hall–Kier alpha value is -3.44. The Balaban J connectivity index is 1.35. The van der Waals surface area contributed by atoms with Crippen molar-refractivity contribution >= 4 is 17.5 Å². The van der Waals surface area contributed by atoms with Crippen molar-refractivity contribution in [1.82, 2.24) is 5.48 Å². The number of aryl methyl sites for hydroxylation is 1. The van der Waals surface area contributed by atoms with E-state index in [1.54, 1.807) is 24.3 Å². The van der Waals surface area contributed by atoms with Crippen LogP contribution in [0.1, 0.15) is 40.7 Å². The molecular weight excluding hydrogens is 376 g/mol. The number of carbonyl (C=O) groups is 2. The Bertz CT molecular complexity index is 926. The molecule has 5 nitrogen and oxygen atoms in total. The van der Waals surface area contributed by atoms with Crippen molar-refractivity contribution in [3.63, 3.8) is 0 Å². The number of anilines is 1. The molecule has 154 valence electrons. The third kappa shape index (κ3) is 7.18. The molecule has 0 aliphatic heterocycles. The number of carbonyl (C=O) groups excluding carboxylic acids is 2. The summed E-state index contributed by atoms with van der Waals surface area (Å²) in [5.74, 6) is -0.351. The lowest BCUT2D eigenvalue weighted by molar-refractivity contribution is -0.116. The second-order valence-corrected chi connectivity index (χ2v) is 7.02. The molecule has 0 saturated carbocycles. The predicted molar refractivity (Wildman–Crippen MR) is 118 cm³/mol. The van der Waals surface area contributed by atoms with Gasteiger partial charge >= 0.3 is 0 Å². The Labute approximate surface area is 177 Å². The van der Waals surface area contributed by atoms with Gasteiger partial charge in [-0.3, -0.25) is 14.4 Å². The largest absolute Gasteiger partial charge is 0.326 e. The maximum atomic E-state index is 12.1. The number of unbranched alkanes of at least 4 members (excludes halogenated alkanes) is 1. The highest BCUT2D eigenvalue weighted by Crippen LogP contribution is 2.12. The number of hydrogen-bond donors (Lipinski definition) is 2. The number of hydroxylamine groups is 1. The summed E-state index contributed by atoms with van der Waals surface area (Å²) in [6.07, 6.45) is 3.26. The molecule has 3 rings (SSSR count). The summed E-state index contributed by atoms with van der Waals surface area (Å²) in [6, 6.07) is 26.6. The van der Waals surface area contributed by atoms with E-state index in [-0.39, 0.29) is 11.8 Å². The summed E-state index contributed by atoms with van der Waals surface area (Å²) in [5.41, 5.74) is 5.83. The lowest BCUT2D eigenvalue weighted by atomic mass is 10.1. The van der Waals surface area contributed by atoms with Gasteiger partial charge in [0.2, 0.25) is 5.91 Å². The molecule has 3 aromatic carbocycles. The Morgan fingerprint density at radius 3 is 2.03 bits per heavy atom. The van der Waals surface area contributed by atoms with Gasteiger partial charge in [0, 0.05) is 17.7 Å². The molecule has 30 heavy (non-hydrogen) atoms. The normalized spacial score (nSPS) is 10.4. The van der Waals surface area contributed by atoms with Crippen molar-refractivity contribution in [1.29, 1.82) is 0 Å². The third-order valence-electron chi connectivity index (χ3n) is 4.64. The van der Waals surface area contributed by atoms with Gasteiger partial charge in [-0.05, 0) is 54.7 Å². The molecular formula is C25H26N2O3. The van der Waals surface area contributed by atoms with Gasteiger partial charge in [0.15, 0.2) is 0 Å². The molecule has 0 heterocycles. The van der Waals surface area contributed by atoms with E-state index in [4.69, 9.17) is 4.84 Å². The van der Waals surface area contributed by atoms with E-state index in [9.17, 15) is 9.59 Å². The van der Waals surface area contributed by atoms with Crippen molar-refractivity contribution in [2.24, 2.45) is 0 Å². The van der Waals surface area contributed by atoms with Crippen LogP contribution in [-0.4, -0.2) is 11.8 Å². The summed E-state index contributed by atoms with van der Waals surface area (Å²) in [7, 11) is 0. The smallest absolute Gasteiger partial charge is 0.274 e. The second-order valence-electron chi connectivity index (χ2n) is 7.02. The van der Waals surface area contributed by atoms with Crippen molar-refractivity contribution in [2.45, 2.75) is 32.3 Å². The van der Waals surface area contributed by atoms with Gasteiger partial charge in [-0.1, -0.05) is 60.7 Å². The van der Waals surface area contributed by atoms with Crippen LogP contribution in [0.15, 0.2) is 84.9 Å². The molecule has 0 radical (unpaired) electrons. The molecule has 3 aromatic rings. The number of hydrogen-bond acceptors (Lipinski definition) is 3.